The van der Waals surface area contributed by atoms with Gasteiger partial charge in [-0.25, -0.2) is 0 Å². The molecule has 0 aliphatic heterocycles. The first kappa shape index (κ1) is 11.2. The van der Waals surface area contributed by atoms with Crippen molar-refractivity contribution in [2.24, 2.45) is 11.7 Å². The van der Waals surface area contributed by atoms with Gasteiger partial charge in [-0.15, -0.1) is 0 Å². The van der Waals surface area contributed by atoms with Crippen molar-refractivity contribution in [3.8, 4) is 0 Å². The van der Waals surface area contributed by atoms with Crippen molar-refractivity contribution in [1.82, 2.24) is 5.32 Å². The largest absolute Gasteiger partial charge is 0.388 e. The Balaban J connectivity index is 3.91. The maximum absolute atomic E-state index is 5.50. The van der Waals surface area contributed by atoms with Crippen molar-refractivity contribution in [3.05, 3.63) is 23.9 Å². The lowest BCUT2D eigenvalue weighted by Gasteiger charge is -2.07. The van der Waals surface area contributed by atoms with Crippen molar-refractivity contribution in [2.45, 2.75) is 20.3 Å². The highest BCUT2D eigenvalue weighted by Gasteiger charge is 1.97. The van der Waals surface area contributed by atoms with Crippen LogP contribution in [-0.4, -0.2) is 13.6 Å². The number of rotatable bonds is 5. The Morgan fingerprint density at radius 2 is 2.25 bits per heavy atom. The molecule has 2 nitrogen and oxygen atoms in total. The number of likely N-dealkylation sites (N-methyl/N-ethyl adjacent to an activating group) is 1. The van der Waals surface area contributed by atoms with Crippen LogP contribution in [0, 0.1) is 5.92 Å². The van der Waals surface area contributed by atoms with E-state index in [1.54, 1.807) is 0 Å². The second-order valence-electron chi connectivity index (χ2n) is 3.19. The van der Waals surface area contributed by atoms with Gasteiger partial charge >= 0.3 is 0 Å². The summed E-state index contributed by atoms with van der Waals surface area (Å²) in [5, 5.41) is 3.01. The summed E-state index contributed by atoms with van der Waals surface area (Å²) < 4.78 is 0. The van der Waals surface area contributed by atoms with Gasteiger partial charge < -0.3 is 11.1 Å². The van der Waals surface area contributed by atoms with Gasteiger partial charge in [0.25, 0.3) is 0 Å². The molecule has 0 aliphatic rings. The van der Waals surface area contributed by atoms with E-state index in [0.717, 1.165) is 18.7 Å². The summed E-state index contributed by atoms with van der Waals surface area (Å²) in [6.07, 6.45) is 3.21. The highest BCUT2D eigenvalue weighted by atomic mass is 14.8. The standard InChI is InChI=1S/C10H20N2/c1-8(7-11)5-6-9(2)10(3)12-4/h6,8,12H,3,5,7,11H2,1-2,4H3/b9-6-/t8-/m1/s1. The van der Waals surface area contributed by atoms with E-state index < -0.39 is 0 Å². The second kappa shape index (κ2) is 5.84. The van der Waals surface area contributed by atoms with E-state index in [1.807, 2.05) is 7.05 Å². The van der Waals surface area contributed by atoms with Crippen LogP contribution in [0.15, 0.2) is 23.9 Å². The molecule has 2 heteroatoms. The van der Waals surface area contributed by atoms with Crippen molar-refractivity contribution in [3.63, 3.8) is 0 Å². The van der Waals surface area contributed by atoms with E-state index in [1.165, 1.54) is 5.57 Å². The molecule has 0 aromatic heterocycles. The average Bonchev–Trinajstić information content (AvgIpc) is 2.11. The fraction of sp³-hybridized carbons (Fsp3) is 0.600. The van der Waals surface area contributed by atoms with Crippen LogP contribution in [0.2, 0.25) is 0 Å². The highest BCUT2D eigenvalue weighted by molar-refractivity contribution is 5.23. The SMILES string of the molecule is C=C(NC)/C(C)=C\C[C@@H](C)CN. The molecule has 0 rings (SSSR count). The predicted octanol–water partition coefficient (Wildman–Crippen LogP) is 1.65. The van der Waals surface area contributed by atoms with Gasteiger partial charge in [0.05, 0.1) is 0 Å². The van der Waals surface area contributed by atoms with Crippen LogP contribution in [0.4, 0.5) is 0 Å². The maximum Gasteiger partial charge on any atom is 0.0291 e. The van der Waals surface area contributed by atoms with E-state index in [9.17, 15) is 0 Å². The van der Waals surface area contributed by atoms with E-state index in [-0.39, 0.29) is 0 Å². The Labute approximate surface area is 75.5 Å². The molecule has 0 amide bonds. The quantitative estimate of drug-likeness (QED) is 0.613. The Kier molecular flexibility index (Phi) is 5.47. The molecule has 0 fully saturated rings. The minimum absolute atomic E-state index is 0.560. The van der Waals surface area contributed by atoms with Crippen LogP contribution in [0.25, 0.3) is 0 Å². The fourth-order valence-corrected chi connectivity index (χ4v) is 0.795. The lowest BCUT2D eigenvalue weighted by molar-refractivity contribution is 0.604. The van der Waals surface area contributed by atoms with Gasteiger partial charge in [-0.1, -0.05) is 19.6 Å². The topological polar surface area (TPSA) is 38.0 Å². The van der Waals surface area contributed by atoms with Crippen LogP contribution in [-0.2, 0) is 0 Å². The molecule has 0 saturated heterocycles. The second-order valence-corrected chi connectivity index (χ2v) is 3.19. The summed E-state index contributed by atoms with van der Waals surface area (Å²) in [6, 6.07) is 0. The predicted molar refractivity (Wildman–Crippen MR) is 54.8 cm³/mol. The van der Waals surface area contributed by atoms with Crippen molar-refractivity contribution in [2.75, 3.05) is 13.6 Å². The molecular weight excluding hydrogens is 148 g/mol. The van der Waals surface area contributed by atoms with Gasteiger partial charge in [0.15, 0.2) is 0 Å². The Morgan fingerprint density at radius 1 is 1.67 bits per heavy atom. The highest BCUT2D eigenvalue weighted by Crippen LogP contribution is 2.07. The molecule has 0 aliphatic carbocycles. The smallest absolute Gasteiger partial charge is 0.0291 e. The number of hydrogen-bond donors (Lipinski definition) is 2. The molecule has 0 bridgehead atoms. The lowest BCUT2D eigenvalue weighted by Crippen LogP contribution is -2.10. The summed E-state index contributed by atoms with van der Waals surface area (Å²) in [5.74, 6) is 0.560. The zero-order valence-electron chi connectivity index (χ0n) is 8.35. The summed E-state index contributed by atoms with van der Waals surface area (Å²) in [5.41, 5.74) is 7.69. The monoisotopic (exact) mass is 168 g/mol. The Hall–Kier alpha value is -0.760. The minimum Gasteiger partial charge on any atom is -0.388 e. The van der Waals surface area contributed by atoms with E-state index >= 15 is 0 Å². The molecule has 0 saturated carbocycles. The molecule has 0 unspecified atom stereocenters. The van der Waals surface area contributed by atoms with E-state index in [4.69, 9.17) is 5.73 Å². The molecule has 0 radical (unpaired) electrons. The van der Waals surface area contributed by atoms with Gasteiger partial charge in [-0.2, -0.15) is 0 Å². The molecule has 70 valence electrons. The third-order valence-corrected chi connectivity index (χ3v) is 2.01. The van der Waals surface area contributed by atoms with E-state index in [0.29, 0.717) is 5.92 Å². The third-order valence-electron chi connectivity index (χ3n) is 2.01. The number of nitrogens with two attached hydrogens (primary N) is 1. The first-order valence-electron chi connectivity index (χ1n) is 4.35. The molecule has 3 N–H and O–H groups in total. The molecule has 0 spiro atoms. The van der Waals surface area contributed by atoms with Gasteiger partial charge in [0.2, 0.25) is 0 Å². The summed E-state index contributed by atoms with van der Waals surface area (Å²) in [4.78, 5) is 0. The summed E-state index contributed by atoms with van der Waals surface area (Å²) >= 11 is 0. The molecule has 12 heavy (non-hydrogen) atoms. The summed E-state index contributed by atoms with van der Waals surface area (Å²) in [7, 11) is 1.88. The normalized spacial score (nSPS) is 14.2. The fourth-order valence-electron chi connectivity index (χ4n) is 0.795. The molecule has 0 aromatic carbocycles. The first-order valence-corrected chi connectivity index (χ1v) is 4.35. The first-order chi connectivity index (χ1) is 5.61. The number of hydrogen-bond acceptors (Lipinski definition) is 2. The van der Waals surface area contributed by atoms with Crippen LogP contribution in [0.1, 0.15) is 20.3 Å². The lowest BCUT2D eigenvalue weighted by atomic mass is 10.1. The Morgan fingerprint density at radius 3 is 2.67 bits per heavy atom. The zero-order valence-corrected chi connectivity index (χ0v) is 8.35. The zero-order chi connectivity index (χ0) is 9.56. The third kappa shape index (κ3) is 4.19. The Bertz CT molecular complexity index is 171. The summed E-state index contributed by atoms with van der Waals surface area (Å²) in [6.45, 7) is 8.81. The van der Waals surface area contributed by atoms with Crippen LogP contribution >= 0.6 is 0 Å². The van der Waals surface area contributed by atoms with Gasteiger partial charge in [0.1, 0.15) is 0 Å². The van der Waals surface area contributed by atoms with E-state index in [2.05, 4.69) is 31.8 Å². The van der Waals surface area contributed by atoms with Gasteiger partial charge in [0, 0.05) is 12.7 Å². The molecule has 0 heterocycles. The maximum atomic E-state index is 5.50. The van der Waals surface area contributed by atoms with Crippen LogP contribution in [0.3, 0.4) is 0 Å². The number of allylic oxidation sites excluding steroid dienone is 2. The van der Waals surface area contributed by atoms with Crippen molar-refractivity contribution < 1.29 is 0 Å². The average molecular weight is 168 g/mol. The van der Waals surface area contributed by atoms with Crippen molar-refractivity contribution >= 4 is 0 Å². The molecule has 1 atom stereocenters. The van der Waals surface area contributed by atoms with Gasteiger partial charge in [-0.05, 0) is 31.4 Å². The number of nitrogens with one attached hydrogen (secondary N) is 1. The van der Waals surface area contributed by atoms with Crippen LogP contribution < -0.4 is 11.1 Å². The van der Waals surface area contributed by atoms with Crippen LogP contribution in [0.5, 0.6) is 0 Å². The van der Waals surface area contributed by atoms with Crippen molar-refractivity contribution in [1.29, 1.82) is 0 Å². The van der Waals surface area contributed by atoms with Gasteiger partial charge in [-0.3, -0.25) is 0 Å². The molecule has 0 aromatic rings. The molecular formula is C10H20N2. The minimum atomic E-state index is 0.560.